The SMILES string of the molecule is COc1ccc(NC(=O)[C@@H]2C[C@@H](CCSC)N[C@]23C(=O)Nc2ccc(C)cc23)cc1. The summed E-state index contributed by atoms with van der Waals surface area (Å²) in [5.74, 6) is 0.898. The third-order valence-corrected chi connectivity index (χ3v) is 6.67. The maximum absolute atomic E-state index is 13.4. The maximum atomic E-state index is 13.4. The summed E-state index contributed by atoms with van der Waals surface area (Å²) in [6.07, 6.45) is 3.59. The van der Waals surface area contributed by atoms with E-state index in [1.807, 2.05) is 37.3 Å². The Morgan fingerprint density at radius 2 is 2.03 bits per heavy atom. The van der Waals surface area contributed by atoms with Gasteiger partial charge in [-0.25, -0.2) is 0 Å². The number of ether oxygens (including phenoxy) is 1. The number of hydrogen-bond acceptors (Lipinski definition) is 5. The molecule has 2 aliphatic rings. The van der Waals surface area contributed by atoms with Gasteiger partial charge in [0.15, 0.2) is 0 Å². The van der Waals surface area contributed by atoms with Gasteiger partial charge in [-0.15, -0.1) is 0 Å². The molecule has 0 aromatic heterocycles. The first kappa shape index (κ1) is 20.8. The summed E-state index contributed by atoms with van der Waals surface area (Å²) < 4.78 is 5.19. The molecular formula is C23H27N3O3S. The minimum Gasteiger partial charge on any atom is -0.497 e. The van der Waals surface area contributed by atoms with Crippen molar-refractivity contribution < 1.29 is 14.3 Å². The Labute approximate surface area is 181 Å². The van der Waals surface area contributed by atoms with Crippen LogP contribution in [-0.2, 0) is 15.1 Å². The predicted octanol–water partition coefficient (Wildman–Crippen LogP) is 3.52. The van der Waals surface area contributed by atoms with Crippen LogP contribution in [0, 0.1) is 12.8 Å². The Morgan fingerprint density at radius 3 is 2.73 bits per heavy atom. The van der Waals surface area contributed by atoms with Gasteiger partial charge in [-0.2, -0.15) is 11.8 Å². The lowest BCUT2D eigenvalue weighted by atomic mass is 9.79. The van der Waals surface area contributed by atoms with E-state index in [0.717, 1.165) is 34.7 Å². The normalized spacial score (nSPS) is 24.6. The molecule has 1 spiro atoms. The van der Waals surface area contributed by atoms with Crippen LogP contribution < -0.4 is 20.7 Å². The largest absolute Gasteiger partial charge is 0.497 e. The number of methoxy groups -OCH3 is 1. The van der Waals surface area contributed by atoms with Crippen LogP contribution in [0.2, 0.25) is 0 Å². The highest BCUT2D eigenvalue weighted by atomic mass is 32.2. The van der Waals surface area contributed by atoms with Gasteiger partial charge < -0.3 is 15.4 Å². The van der Waals surface area contributed by atoms with Crippen molar-refractivity contribution in [3.8, 4) is 5.75 Å². The van der Waals surface area contributed by atoms with Crippen molar-refractivity contribution in [2.24, 2.45) is 5.92 Å². The van der Waals surface area contributed by atoms with Gasteiger partial charge in [0.25, 0.3) is 0 Å². The molecule has 0 radical (unpaired) electrons. The van der Waals surface area contributed by atoms with Crippen LogP contribution in [0.1, 0.15) is 24.0 Å². The minimum atomic E-state index is -1.04. The van der Waals surface area contributed by atoms with E-state index < -0.39 is 11.5 Å². The molecule has 7 heteroatoms. The van der Waals surface area contributed by atoms with Gasteiger partial charge >= 0.3 is 0 Å². The van der Waals surface area contributed by atoms with Crippen LogP contribution in [0.3, 0.4) is 0 Å². The van der Waals surface area contributed by atoms with Gasteiger partial charge in [-0.3, -0.25) is 14.9 Å². The fourth-order valence-electron chi connectivity index (χ4n) is 4.53. The van der Waals surface area contributed by atoms with Crippen molar-refractivity contribution in [2.45, 2.75) is 31.3 Å². The highest BCUT2D eigenvalue weighted by Gasteiger charge is 2.59. The average molecular weight is 426 g/mol. The Morgan fingerprint density at radius 1 is 1.27 bits per heavy atom. The minimum absolute atomic E-state index is 0.0984. The van der Waals surface area contributed by atoms with Crippen LogP contribution in [0.5, 0.6) is 5.75 Å². The standard InChI is InChI=1S/C23H27N3O3S/c1-14-4-9-20-18(12-14)23(22(28)25-20)19(13-16(26-23)10-11-30-3)21(27)24-15-5-7-17(29-2)8-6-15/h4-9,12,16,19,26H,10-11,13H2,1-3H3,(H,24,27)(H,25,28)/t16-,19+,23+/m1/s1. The summed E-state index contributed by atoms with van der Waals surface area (Å²) in [5.41, 5.74) is 2.36. The van der Waals surface area contributed by atoms with Crippen LogP contribution in [0.15, 0.2) is 42.5 Å². The molecule has 158 valence electrons. The molecule has 1 saturated heterocycles. The van der Waals surface area contributed by atoms with Crippen LogP contribution in [-0.4, -0.2) is 37.0 Å². The van der Waals surface area contributed by atoms with Crippen molar-refractivity contribution in [3.05, 3.63) is 53.6 Å². The topological polar surface area (TPSA) is 79.5 Å². The highest BCUT2D eigenvalue weighted by molar-refractivity contribution is 7.98. The average Bonchev–Trinajstić information content (AvgIpc) is 3.26. The Kier molecular flexibility index (Phi) is 5.75. The zero-order chi connectivity index (χ0) is 21.3. The Bertz CT molecular complexity index is 963. The van der Waals surface area contributed by atoms with Gasteiger partial charge in [-0.05, 0) is 62.1 Å². The molecule has 3 atom stereocenters. The van der Waals surface area contributed by atoms with E-state index in [9.17, 15) is 9.59 Å². The summed E-state index contributed by atoms with van der Waals surface area (Å²) in [6.45, 7) is 2.00. The van der Waals surface area contributed by atoms with Gasteiger partial charge in [0.1, 0.15) is 11.3 Å². The summed E-state index contributed by atoms with van der Waals surface area (Å²) in [7, 11) is 1.61. The lowest BCUT2D eigenvalue weighted by Gasteiger charge is -2.29. The quantitative estimate of drug-likeness (QED) is 0.660. The number of rotatable bonds is 6. The molecule has 0 saturated carbocycles. The fraction of sp³-hybridized carbons (Fsp3) is 0.391. The molecule has 0 bridgehead atoms. The van der Waals surface area contributed by atoms with E-state index in [2.05, 4.69) is 22.2 Å². The van der Waals surface area contributed by atoms with Gasteiger partial charge in [0.2, 0.25) is 11.8 Å². The Hall–Kier alpha value is -2.51. The molecule has 2 amide bonds. The molecule has 30 heavy (non-hydrogen) atoms. The predicted molar refractivity (Wildman–Crippen MR) is 121 cm³/mol. The number of benzene rings is 2. The molecule has 2 aromatic rings. The highest BCUT2D eigenvalue weighted by Crippen LogP contribution is 2.48. The number of hydrogen-bond donors (Lipinski definition) is 3. The fourth-order valence-corrected chi connectivity index (χ4v) is 5.05. The third kappa shape index (κ3) is 3.56. The van der Waals surface area contributed by atoms with Crippen LogP contribution >= 0.6 is 11.8 Å². The summed E-state index contributed by atoms with van der Waals surface area (Å²) in [5, 5.41) is 9.57. The first-order valence-corrected chi connectivity index (χ1v) is 11.5. The second kappa shape index (κ2) is 8.32. The number of anilines is 2. The summed E-state index contributed by atoms with van der Waals surface area (Å²) in [4.78, 5) is 26.7. The van der Waals surface area contributed by atoms with Crippen LogP contribution in [0.4, 0.5) is 11.4 Å². The van der Waals surface area contributed by atoms with Gasteiger partial charge in [0, 0.05) is 23.0 Å². The maximum Gasteiger partial charge on any atom is 0.250 e. The number of carbonyl (C=O) groups is 2. The molecule has 6 nitrogen and oxygen atoms in total. The Balaban J connectivity index is 1.68. The zero-order valence-corrected chi connectivity index (χ0v) is 18.3. The molecule has 0 unspecified atom stereocenters. The van der Waals surface area contributed by atoms with Crippen molar-refractivity contribution in [1.82, 2.24) is 5.32 Å². The van der Waals surface area contributed by atoms with E-state index in [4.69, 9.17) is 4.74 Å². The van der Waals surface area contributed by atoms with Gasteiger partial charge in [0.05, 0.1) is 13.0 Å². The molecule has 1 fully saturated rings. The van der Waals surface area contributed by atoms with E-state index in [-0.39, 0.29) is 17.9 Å². The van der Waals surface area contributed by atoms with Crippen molar-refractivity contribution in [3.63, 3.8) is 0 Å². The lowest BCUT2D eigenvalue weighted by molar-refractivity contribution is -0.130. The molecule has 2 heterocycles. The van der Waals surface area contributed by atoms with Crippen molar-refractivity contribution in [2.75, 3.05) is 29.8 Å². The van der Waals surface area contributed by atoms with E-state index in [0.29, 0.717) is 12.1 Å². The number of carbonyl (C=O) groups excluding carboxylic acids is 2. The third-order valence-electron chi connectivity index (χ3n) is 6.03. The number of aryl methyl sites for hydroxylation is 1. The summed E-state index contributed by atoms with van der Waals surface area (Å²) in [6, 6.07) is 13.2. The smallest absolute Gasteiger partial charge is 0.250 e. The molecule has 3 N–H and O–H groups in total. The zero-order valence-electron chi connectivity index (χ0n) is 17.5. The van der Waals surface area contributed by atoms with E-state index in [1.54, 1.807) is 31.0 Å². The lowest BCUT2D eigenvalue weighted by Crippen LogP contribution is -2.52. The number of nitrogens with one attached hydrogen (secondary N) is 3. The number of fused-ring (bicyclic) bond motifs is 2. The number of amides is 2. The molecule has 2 aliphatic heterocycles. The van der Waals surface area contributed by atoms with Crippen molar-refractivity contribution in [1.29, 1.82) is 0 Å². The van der Waals surface area contributed by atoms with E-state index in [1.165, 1.54) is 0 Å². The monoisotopic (exact) mass is 425 g/mol. The van der Waals surface area contributed by atoms with E-state index >= 15 is 0 Å². The van der Waals surface area contributed by atoms with Crippen LogP contribution in [0.25, 0.3) is 0 Å². The number of thioether (sulfide) groups is 1. The molecule has 2 aromatic carbocycles. The first-order chi connectivity index (χ1) is 14.5. The molecule has 0 aliphatic carbocycles. The first-order valence-electron chi connectivity index (χ1n) is 10.1. The molecule has 4 rings (SSSR count). The van der Waals surface area contributed by atoms with Crippen molar-refractivity contribution >= 4 is 35.0 Å². The van der Waals surface area contributed by atoms with Gasteiger partial charge in [-0.1, -0.05) is 17.7 Å². The molecular weight excluding hydrogens is 398 g/mol. The second-order valence-corrected chi connectivity index (χ2v) is 8.93. The second-order valence-electron chi connectivity index (χ2n) is 7.94. The summed E-state index contributed by atoms with van der Waals surface area (Å²) >= 11 is 1.77.